The minimum atomic E-state index is -1.48. The number of amides is 2. The van der Waals surface area contributed by atoms with Gasteiger partial charge in [0.1, 0.15) is 19.2 Å². The number of aliphatic carboxylic acids is 1. The SMILES string of the molecule is NC(N)=NCCc1[nH]c(=O)n(CC(=O)NC[C@H](NC(=O)OCc2ccccc2)C(=O)O)c1O. The van der Waals surface area contributed by atoms with Crippen molar-refractivity contribution in [1.82, 2.24) is 20.2 Å². The van der Waals surface area contributed by atoms with Crippen LogP contribution in [0.1, 0.15) is 11.3 Å². The van der Waals surface area contributed by atoms with E-state index in [0.29, 0.717) is 5.56 Å². The van der Waals surface area contributed by atoms with Crippen molar-refractivity contribution in [1.29, 1.82) is 0 Å². The number of aromatic hydroxyl groups is 1. The normalized spacial score (nSPS) is 11.3. The number of nitrogens with two attached hydrogens (primary N) is 2. The van der Waals surface area contributed by atoms with E-state index < -0.39 is 48.7 Å². The van der Waals surface area contributed by atoms with Crippen LogP contribution in [0.15, 0.2) is 40.1 Å². The van der Waals surface area contributed by atoms with Gasteiger partial charge >= 0.3 is 17.8 Å². The molecule has 0 spiro atoms. The van der Waals surface area contributed by atoms with Crippen LogP contribution in [0.25, 0.3) is 0 Å². The molecule has 0 radical (unpaired) electrons. The van der Waals surface area contributed by atoms with Crippen LogP contribution in [0, 0.1) is 0 Å². The summed E-state index contributed by atoms with van der Waals surface area (Å²) in [5.41, 5.74) is 10.5. The average Bonchev–Trinajstić information content (AvgIpc) is 3.03. The molecule has 14 heteroatoms. The number of carbonyl (C=O) groups excluding carboxylic acids is 2. The number of carboxylic acids is 1. The second-order valence-electron chi connectivity index (χ2n) is 6.78. The molecule has 1 heterocycles. The lowest BCUT2D eigenvalue weighted by Gasteiger charge is -2.15. The number of alkyl carbamates (subject to hydrolysis) is 1. The van der Waals surface area contributed by atoms with Crippen LogP contribution in [-0.2, 0) is 33.9 Å². The molecule has 178 valence electrons. The number of aromatic amines is 1. The maximum atomic E-state index is 12.2. The maximum absolute atomic E-state index is 12.2. The van der Waals surface area contributed by atoms with E-state index in [9.17, 15) is 29.4 Å². The lowest BCUT2D eigenvalue weighted by molar-refractivity contribution is -0.139. The Morgan fingerprint density at radius 3 is 2.55 bits per heavy atom. The summed E-state index contributed by atoms with van der Waals surface area (Å²) in [4.78, 5) is 53.5. The monoisotopic (exact) mass is 463 g/mol. The van der Waals surface area contributed by atoms with Crippen molar-refractivity contribution < 1.29 is 29.3 Å². The maximum Gasteiger partial charge on any atom is 0.408 e. The second kappa shape index (κ2) is 11.8. The summed E-state index contributed by atoms with van der Waals surface area (Å²) in [6, 6.07) is 7.28. The summed E-state index contributed by atoms with van der Waals surface area (Å²) in [7, 11) is 0. The van der Waals surface area contributed by atoms with Crippen molar-refractivity contribution in [3.05, 3.63) is 52.1 Å². The second-order valence-corrected chi connectivity index (χ2v) is 6.78. The van der Waals surface area contributed by atoms with Crippen LogP contribution >= 0.6 is 0 Å². The summed E-state index contributed by atoms with van der Waals surface area (Å²) >= 11 is 0. The first-order valence-electron chi connectivity index (χ1n) is 9.70. The number of benzene rings is 1. The van der Waals surface area contributed by atoms with Crippen molar-refractivity contribution in [3.63, 3.8) is 0 Å². The average molecular weight is 463 g/mol. The van der Waals surface area contributed by atoms with E-state index in [1.165, 1.54) is 0 Å². The fourth-order valence-corrected chi connectivity index (χ4v) is 2.65. The number of carboxylic acid groups (broad SMARTS) is 1. The lowest BCUT2D eigenvalue weighted by Crippen LogP contribution is -2.49. The van der Waals surface area contributed by atoms with Crippen LogP contribution in [-0.4, -0.2) is 62.8 Å². The highest BCUT2D eigenvalue weighted by atomic mass is 16.5. The fourth-order valence-electron chi connectivity index (χ4n) is 2.65. The molecule has 0 aliphatic carbocycles. The molecule has 2 rings (SSSR count). The van der Waals surface area contributed by atoms with E-state index in [0.717, 1.165) is 4.57 Å². The molecule has 0 saturated heterocycles. The molecule has 1 aromatic carbocycles. The summed E-state index contributed by atoms with van der Waals surface area (Å²) in [6.45, 7) is -1.03. The number of guanidine groups is 1. The zero-order valence-electron chi connectivity index (χ0n) is 17.5. The number of aromatic nitrogens is 2. The van der Waals surface area contributed by atoms with Gasteiger partial charge in [-0.05, 0) is 5.56 Å². The van der Waals surface area contributed by atoms with Crippen LogP contribution in [0.5, 0.6) is 5.88 Å². The number of ether oxygens (including phenoxy) is 1. The first kappa shape index (κ1) is 24.8. The Labute approximate surface area is 187 Å². The number of nitrogens with zero attached hydrogens (tertiary/aromatic N) is 2. The Balaban J connectivity index is 1.87. The van der Waals surface area contributed by atoms with Crippen molar-refractivity contribution in [2.24, 2.45) is 16.5 Å². The smallest absolute Gasteiger partial charge is 0.408 e. The largest absolute Gasteiger partial charge is 0.493 e. The molecule has 0 aliphatic heterocycles. The van der Waals surface area contributed by atoms with Gasteiger partial charge in [-0.25, -0.2) is 14.4 Å². The molecule has 33 heavy (non-hydrogen) atoms. The van der Waals surface area contributed by atoms with E-state index >= 15 is 0 Å². The summed E-state index contributed by atoms with van der Waals surface area (Å²) in [5.74, 6) is -2.80. The number of aliphatic imine (C=N–C) groups is 1. The van der Waals surface area contributed by atoms with Crippen LogP contribution in [0.3, 0.4) is 0 Å². The fraction of sp³-hybridized carbons (Fsp3) is 0.316. The van der Waals surface area contributed by atoms with E-state index in [4.69, 9.17) is 16.2 Å². The molecule has 9 N–H and O–H groups in total. The highest BCUT2D eigenvalue weighted by Crippen LogP contribution is 2.13. The highest BCUT2D eigenvalue weighted by Gasteiger charge is 2.22. The Kier molecular flexibility index (Phi) is 8.85. The molecule has 1 aromatic heterocycles. The van der Waals surface area contributed by atoms with Gasteiger partial charge in [-0.1, -0.05) is 30.3 Å². The molecular weight excluding hydrogens is 438 g/mol. The Bertz CT molecular complexity index is 1060. The summed E-state index contributed by atoms with van der Waals surface area (Å²) < 4.78 is 5.72. The standard InChI is InChI=1S/C19H25N7O7/c20-17(21)22-7-6-12-15(28)26(18(31)24-12)9-14(27)23-8-13(16(29)30)25-19(32)33-10-11-4-2-1-3-5-11/h1-5,13,28H,6-10H2,(H,23,27)(H,24,31)(H,25,32)(H,29,30)(H4,20,21,22)/t13-/m0/s1. The molecule has 0 saturated carbocycles. The van der Waals surface area contributed by atoms with Gasteiger partial charge in [0.25, 0.3) is 0 Å². The van der Waals surface area contributed by atoms with Crippen LogP contribution < -0.4 is 27.8 Å². The molecule has 1 atom stereocenters. The predicted octanol–water partition coefficient (Wildman–Crippen LogP) is -1.81. The number of carbonyl (C=O) groups is 3. The van der Waals surface area contributed by atoms with Gasteiger partial charge in [-0.2, -0.15) is 0 Å². The molecule has 0 unspecified atom stereocenters. The first-order valence-corrected chi connectivity index (χ1v) is 9.70. The third-order valence-corrected chi connectivity index (χ3v) is 4.29. The number of nitrogens with one attached hydrogen (secondary N) is 3. The zero-order chi connectivity index (χ0) is 24.4. The molecule has 2 aromatic rings. The van der Waals surface area contributed by atoms with Gasteiger partial charge in [0.15, 0.2) is 5.96 Å². The number of hydrogen-bond donors (Lipinski definition) is 7. The lowest BCUT2D eigenvalue weighted by atomic mass is 10.2. The topological polar surface area (TPSA) is 227 Å². The molecular formula is C19H25N7O7. The third-order valence-electron chi connectivity index (χ3n) is 4.29. The minimum absolute atomic E-state index is 0.0629. The highest BCUT2D eigenvalue weighted by molar-refractivity contribution is 5.82. The van der Waals surface area contributed by atoms with E-state index in [2.05, 4.69) is 20.6 Å². The van der Waals surface area contributed by atoms with Gasteiger partial charge < -0.3 is 42.0 Å². The van der Waals surface area contributed by atoms with Gasteiger partial charge in [-0.15, -0.1) is 0 Å². The third kappa shape index (κ3) is 7.93. The van der Waals surface area contributed by atoms with Crippen molar-refractivity contribution in [2.75, 3.05) is 13.1 Å². The molecule has 2 amide bonds. The quantitative estimate of drug-likeness (QED) is 0.147. The van der Waals surface area contributed by atoms with Gasteiger partial charge in [0.2, 0.25) is 11.8 Å². The Morgan fingerprint density at radius 1 is 1.21 bits per heavy atom. The van der Waals surface area contributed by atoms with Gasteiger partial charge in [-0.3, -0.25) is 14.4 Å². The van der Waals surface area contributed by atoms with Gasteiger partial charge in [0, 0.05) is 19.5 Å². The van der Waals surface area contributed by atoms with Gasteiger partial charge in [0.05, 0.1) is 5.69 Å². The zero-order valence-corrected chi connectivity index (χ0v) is 17.5. The first-order chi connectivity index (χ1) is 15.7. The summed E-state index contributed by atoms with van der Waals surface area (Å²) in [6.07, 6.45) is -0.866. The molecule has 0 fully saturated rings. The predicted molar refractivity (Wildman–Crippen MR) is 115 cm³/mol. The summed E-state index contributed by atoms with van der Waals surface area (Å²) in [5, 5.41) is 23.8. The van der Waals surface area contributed by atoms with Crippen molar-refractivity contribution in [3.8, 4) is 5.88 Å². The molecule has 0 bridgehead atoms. The van der Waals surface area contributed by atoms with Crippen LogP contribution in [0.4, 0.5) is 4.79 Å². The Hall–Kier alpha value is -4.49. The number of hydrogen-bond acceptors (Lipinski definition) is 7. The number of imidazole rings is 1. The van der Waals surface area contributed by atoms with Crippen molar-refractivity contribution >= 4 is 23.9 Å². The molecule has 0 aliphatic rings. The van der Waals surface area contributed by atoms with Crippen molar-refractivity contribution in [2.45, 2.75) is 25.6 Å². The Morgan fingerprint density at radius 2 is 1.91 bits per heavy atom. The molecule has 14 nitrogen and oxygen atoms in total. The van der Waals surface area contributed by atoms with E-state index in [1.807, 2.05) is 0 Å². The minimum Gasteiger partial charge on any atom is -0.493 e. The number of rotatable bonds is 11. The van der Waals surface area contributed by atoms with E-state index in [1.54, 1.807) is 30.3 Å². The van der Waals surface area contributed by atoms with E-state index in [-0.39, 0.29) is 31.2 Å². The number of H-pyrrole nitrogens is 1. The van der Waals surface area contributed by atoms with Crippen LogP contribution in [0.2, 0.25) is 0 Å².